The molecular weight excluding hydrogens is 260 g/mol. The van der Waals surface area contributed by atoms with Gasteiger partial charge in [-0.2, -0.15) is 0 Å². The number of methoxy groups -OCH3 is 1. The van der Waals surface area contributed by atoms with Crippen molar-refractivity contribution in [2.24, 2.45) is 5.92 Å². The molecule has 0 saturated carbocycles. The third-order valence-corrected chi connectivity index (χ3v) is 2.42. The van der Waals surface area contributed by atoms with Gasteiger partial charge in [-0.15, -0.1) is 0 Å². The Balaban J connectivity index is 2.66. The summed E-state index contributed by atoms with van der Waals surface area (Å²) in [5.41, 5.74) is 0.658. The Hall–Kier alpha value is -2.37. The molecule has 1 aromatic carbocycles. The van der Waals surface area contributed by atoms with Gasteiger partial charge in [0.15, 0.2) is 0 Å². The van der Waals surface area contributed by atoms with Crippen LogP contribution >= 0.6 is 0 Å². The van der Waals surface area contributed by atoms with E-state index in [4.69, 9.17) is 0 Å². The van der Waals surface area contributed by atoms with Gasteiger partial charge < -0.3 is 15.4 Å². The maximum absolute atomic E-state index is 11.6. The molecule has 1 rings (SSSR count). The van der Waals surface area contributed by atoms with E-state index in [1.807, 2.05) is 13.8 Å². The summed E-state index contributed by atoms with van der Waals surface area (Å²) in [5.74, 6) is -1.73. The number of carbonyl (C=O) groups is 3. The molecule has 0 unspecified atom stereocenters. The molecule has 0 heterocycles. The zero-order chi connectivity index (χ0) is 15.1. The zero-order valence-corrected chi connectivity index (χ0v) is 11.7. The highest BCUT2D eigenvalue weighted by Crippen LogP contribution is 2.11. The molecule has 0 aliphatic carbocycles. The molecule has 0 radical (unpaired) electrons. The van der Waals surface area contributed by atoms with Crippen molar-refractivity contribution in [3.63, 3.8) is 0 Å². The van der Waals surface area contributed by atoms with Gasteiger partial charge in [0.1, 0.15) is 0 Å². The number of ether oxygens (including phenoxy) is 1. The highest BCUT2D eigenvalue weighted by atomic mass is 16.5. The third-order valence-electron chi connectivity index (χ3n) is 2.42. The predicted octanol–water partition coefficient (Wildman–Crippen LogP) is 1.18. The second-order valence-electron chi connectivity index (χ2n) is 4.63. The summed E-state index contributed by atoms with van der Waals surface area (Å²) < 4.78 is 4.58. The first-order chi connectivity index (χ1) is 9.43. The zero-order valence-electron chi connectivity index (χ0n) is 11.7. The van der Waals surface area contributed by atoms with Crippen molar-refractivity contribution in [3.05, 3.63) is 29.8 Å². The second kappa shape index (κ2) is 7.28. The molecule has 2 N–H and O–H groups in total. The molecule has 1 aromatic rings. The Morgan fingerprint density at radius 2 is 1.90 bits per heavy atom. The minimum atomic E-state index is -0.771. The van der Waals surface area contributed by atoms with E-state index in [1.165, 1.54) is 13.2 Å². The molecule has 0 atom stereocenters. The van der Waals surface area contributed by atoms with Crippen LogP contribution in [0, 0.1) is 5.92 Å². The van der Waals surface area contributed by atoms with Gasteiger partial charge in [-0.1, -0.05) is 19.9 Å². The molecule has 0 aliphatic rings. The van der Waals surface area contributed by atoms with Crippen molar-refractivity contribution in [3.8, 4) is 0 Å². The van der Waals surface area contributed by atoms with E-state index < -0.39 is 17.8 Å². The number of rotatable bonds is 4. The molecule has 6 heteroatoms. The maximum Gasteiger partial charge on any atom is 0.337 e. The molecule has 0 aliphatic heterocycles. The van der Waals surface area contributed by atoms with Gasteiger partial charge in [0.25, 0.3) is 0 Å². The standard InChI is InChI=1S/C14H18N2O4/c1-9(2)8-15-12(17)13(18)16-11-6-4-5-10(7-11)14(19)20-3/h4-7,9H,8H2,1-3H3,(H,15,17)(H,16,18). The summed E-state index contributed by atoms with van der Waals surface area (Å²) in [6.07, 6.45) is 0. The van der Waals surface area contributed by atoms with Crippen molar-refractivity contribution in [1.82, 2.24) is 5.32 Å². The molecule has 0 aromatic heterocycles. The fraction of sp³-hybridized carbons (Fsp3) is 0.357. The van der Waals surface area contributed by atoms with Crippen LogP contribution in [0.2, 0.25) is 0 Å². The first-order valence-electron chi connectivity index (χ1n) is 6.21. The van der Waals surface area contributed by atoms with Crippen LogP contribution in [-0.2, 0) is 14.3 Å². The average Bonchev–Trinajstić information content (AvgIpc) is 2.43. The quantitative estimate of drug-likeness (QED) is 0.640. The predicted molar refractivity (Wildman–Crippen MR) is 74.3 cm³/mol. The lowest BCUT2D eigenvalue weighted by Gasteiger charge is -2.08. The number of anilines is 1. The first kappa shape index (κ1) is 15.7. The van der Waals surface area contributed by atoms with Crippen LogP contribution in [0.1, 0.15) is 24.2 Å². The van der Waals surface area contributed by atoms with Gasteiger partial charge in [-0.3, -0.25) is 9.59 Å². The minimum Gasteiger partial charge on any atom is -0.465 e. The average molecular weight is 278 g/mol. The summed E-state index contributed by atoms with van der Waals surface area (Å²) >= 11 is 0. The van der Waals surface area contributed by atoms with Gasteiger partial charge in [-0.25, -0.2) is 4.79 Å². The second-order valence-corrected chi connectivity index (χ2v) is 4.63. The maximum atomic E-state index is 11.6. The highest BCUT2D eigenvalue weighted by molar-refractivity contribution is 6.39. The van der Waals surface area contributed by atoms with E-state index >= 15 is 0 Å². The normalized spacial score (nSPS) is 10.0. The fourth-order valence-corrected chi connectivity index (χ4v) is 1.41. The summed E-state index contributed by atoms with van der Waals surface area (Å²) in [7, 11) is 1.27. The molecule has 108 valence electrons. The Bertz CT molecular complexity index is 512. The van der Waals surface area contributed by atoms with E-state index in [0.29, 0.717) is 17.8 Å². The smallest absolute Gasteiger partial charge is 0.337 e. The van der Waals surface area contributed by atoms with Crippen LogP contribution in [-0.4, -0.2) is 31.4 Å². The Kier molecular flexibility index (Phi) is 5.71. The minimum absolute atomic E-state index is 0.259. The lowest BCUT2D eigenvalue weighted by atomic mass is 10.2. The monoisotopic (exact) mass is 278 g/mol. The summed E-state index contributed by atoms with van der Waals surface area (Å²) in [5, 5.41) is 4.93. The molecule has 0 saturated heterocycles. The van der Waals surface area contributed by atoms with E-state index in [0.717, 1.165) is 0 Å². The molecule has 0 bridgehead atoms. The van der Waals surface area contributed by atoms with E-state index in [1.54, 1.807) is 18.2 Å². The van der Waals surface area contributed by atoms with E-state index in [2.05, 4.69) is 15.4 Å². The molecule has 0 spiro atoms. The number of hydrogen-bond acceptors (Lipinski definition) is 4. The third kappa shape index (κ3) is 4.72. The van der Waals surface area contributed by atoms with Gasteiger partial charge in [0.2, 0.25) is 0 Å². The van der Waals surface area contributed by atoms with Crippen molar-refractivity contribution in [2.75, 3.05) is 19.0 Å². The van der Waals surface area contributed by atoms with E-state index in [-0.39, 0.29) is 5.92 Å². The van der Waals surface area contributed by atoms with Crippen LogP contribution < -0.4 is 10.6 Å². The van der Waals surface area contributed by atoms with Crippen molar-refractivity contribution in [2.45, 2.75) is 13.8 Å². The topological polar surface area (TPSA) is 84.5 Å². The number of esters is 1. The van der Waals surface area contributed by atoms with Crippen LogP contribution in [0.3, 0.4) is 0 Å². The van der Waals surface area contributed by atoms with Gasteiger partial charge >= 0.3 is 17.8 Å². The van der Waals surface area contributed by atoms with Gasteiger partial charge in [-0.05, 0) is 24.1 Å². The van der Waals surface area contributed by atoms with E-state index in [9.17, 15) is 14.4 Å². The molecule has 2 amide bonds. The number of benzene rings is 1. The molecular formula is C14H18N2O4. The first-order valence-corrected chi connectivity index (χ1v) is 6.21. The molecule has 20 heavy (non-hydrogen) atoms. The lowest BCUT2D eigenvalue weighted by Crippen LogP contribution is -2.37. The Labute approximate surface area is 117 Å². The van der Waals surface area contributed by atoms with Crippen molar-refractivity contribution < 1.29 is 19.1 Å². The summed E-state index contributed by atoms with van der Waals surface area (Å²) in [6.45, 7) is 4.28. The number of hydrogen-bond donors (Lipinski definition) is 2. The number of carbonyl (C=O) groups excluding carboxylic acids is 3. The SMILES string of the molecule is COC(=O)c1cccc(NC(=O)C(=O)NCC(C)C)c1. The summed E-state index contributed by atoms with van der Waals surface area (Å²) in [4.78, 5) is 34.5. The lowest BCUT2D eigenvalue weighted by molar-refractivity contribution is -0.136. The highest BCUT2D eigenvalue weighted by Gasteiger charge is 2.14. The van der Waals surface area contributed by atoms with Gasteiger partial charge in [0, 0.05) is 12.2 Å². The van der Waals surface area contributed by atoms with Gasteiger partial charge in [0.05, 0.1) is 12.7 Å². The van der Waals surface area contributed by atoms with Crippen molar-refractivity contribution >= 4 is 23.5 Å². The summed E-state index contributed by atoms with van der Waals surface area (Å²) in [6, 6.07) is 6.17. The Morgan fingerprint density at radius 1 is 1.20 bits per heavy atom. The van der Waals surface area contributed by atoms with Crippen LogP contribution in [0.4, 0.5) is 5.69 Å². The van der Waals surface area contributed by atoms with Crippen LogP contribution in [0.15, 0.2) is 24.3 Å². The largest absolute Gasteiger partial charge is 0.465 e. The van der Waals surface area contributed by atoms with Crippen molar-refractivity contribution in [1.29, 1.82) is 0 Å². The molecule has 0 fully saturated rings. The fourth-order valence-electron chi connectivity index (χ4n) is 1.41. The van der Waals surface area contributed by atoms with Crippen LogP contribution in [0.25, 0.3) is 0 Å². The Morgan fingerprint density at radius 3 is 2.50 bits per heavy atom. The number of amides is 2. The van der Waals surface area contributed by atoms with Crippen LogP contribution in [0.5, 0.6) is 0 Å². The number of nitrogens with one attached hydrogen (secondary N) is 2. The molecule has 6 nitrogen and oxygen atoms in total.